The molecule has 0 aliphatic heterocycles. The van der Waals surface area contributed by atoms with Crippen molar-refractivity contribution in [3.8, 4) is 11.1 Å². The molecule has 0 saturated carbocycles. The van der Waals surface area contributed by atoms with E-state index in [9.17, 15) is 9.90 Å². The van der Waals surface area contributed by atoms with E-state index in [0.29, 0.717) is 24.9 Å². The molecule has 0 bridgehead atoms. The zero-order valence-corrected chi connectivity index (χ0v) is 18.0. The minimum absolute atomic E-state index is 0.0320. The number of hydrogen-bond donors (Lipinski definition) is 4. The van der Waals surface area contributed by atoms with Gasteiger partial charge in [0, 0.05) is 18.5 Å². The Morgan fingerprint density at radius 1 is 0.939 bits per heavy atom. The summed E-state index contributed by atoms with van der Waals surface area (Å²) in [6.07, 6.45) is 1.81. The normalized spacial score (nSPS) is 10.7. The number of aromatic carboxylic acids is 1. The molecule has 4 rings (SSSR count). The van der Waals surface area contributed by atoms with Gasteiger partial charge in [-0.1, -0.05) is 55.1 Å². The van der Waals surface area contributed by atoms with Crippen LogP contribution in [-0.4, -0.2) is 39.3 Å². The lowest BCUT2D eigenvalue weighted by Crippen LogP contribution is -2.11. The number of carboxylic acid groups (broad SMARTS) is 1. The molecule has 7 nitrogen and oxygen atoms in total. The maximum Gasteiger partial charge on any atom is 0.335 e. The molecule has 4 N–H and O–H groups in total. The first kappa shape index (κ1) is 22.0. The zero-order chi connectivity index (χ0) is 23.2. The molecule has 0 atom stereocenters. The fourth-order valence-corrected chi connectivity index (χ4v) is 3.45. The number of carboxylic acids is 1. The average molecular weight is 441 g/mol. The van der Waals surface area contributed by atoms with Gasteiger partial charge in [0.15, 0.2) is 0 Å². The molecule has 33 heavy (non-hydrogen) atoms. The molecule has 1 aromatic heterocycles. The summed E-state index contributed by atoms with van der Waals surface area (Å²) in [5.41, 5.74) is 5.09. The maximum atomic E-state index is 11.1. The van der Waals surface area contributed by atoms with Gasteiger partial charge in [0.25, 0.3) is 0 Å². The summed E-state index contributed by atoms with van der Waals surface area (Å²) in [6.45, 7) is 4.57. The van der Waals surface area contributed by atoms with Crippen LogP contribution in [0.3, 0.4) is 0 Å². The van der Waals surface area contributed by atoms with Crippen LogP contribution in [0.4, 0.5) is 11.8 Å². The average Bonchev–Trinajstić information content (AvgIpc) is 2.86. The van der Waals surface area contributed by atoms with E-state index in [1.165, 1.54) is 0 Å². The van der Waals surface area contributed by atoms with Crippen LogP contribution in [0.5, 0.6) is 0 Å². The summed E-state index contributed by atoms with van der Waals surface area (Å²) < 4.78 is 0. The molecule has 0 saturated heterocycles. The van der Waals surface area contributed by atoms with Crippen molar-refractivity contribution >= 4 is 34.7 Å². The van der Waals surface area contributed by atoms with E-state index in [4.69, 9.17) is 5.11 Å². The molecular weight excluding hydrogens is 416 g/mol. The molecule has 0 amide bonds. The predicted molar refractivity (Wildman–Crippen MR) is 131 cm³/mol. The highest BCUT2D eigenvalue weighted by atomic mass is 16.4. The van der Waals surface area contributed by atoms with Gasteiger partial charge in [-0.25, -0.2) is 9.78 Å². The number of carbonyl (C=O) groups is 1. The molecule has 7 heteroatoms. The van der Waals surface area contributed by atoms with E-state index >= 15 is 0 Å². The molecule has 0 fully saturated rings. The molecule has 0 aliphatic rings. The quantitative estimate of drug-likeness (QED) is 0.300. The van der Waals surface area contributed by atoms with Gasteiger partial charge in [-0.05, 0) is 46.5 Å². The molecular formula is C26H24N4O3. The highest BCUT2D eigenvalue weighted by molar-refractivity contribution is 5.93. The van der Waals surface area contributed by atoms with Crippen molar-refractivity contribution in [3.05, 3.63) is 90.0 Å². The summed E-state index contributed by atoms with van der Waals surface area (Å²) in [4.78, 5) is 20.3. The van der Waals surface area contributed by atoms with Crippen molar-refractivity contribution in [1.82, 2.24) is 9.97 Å². The summed E-state index contributed by atoms with van der Waals surface area (Å²) in [5.74, 6) is 0.113. The number of nitrogens with one attached hydrogen (secondary N) is 2. The minimum Gasteiger partial charge on any atom is -0.478 e. The lowest BCUT2D eigenvalue weighted by molar-refractivity contribution is 0.0697. The van der Waals surface area contributed by atoms with E-state index in [2.05, 4.69) is 27.2 Å². The van der Waals surface area contributed by atoms with E-state index < -0.39 is 5.97 Å². The topological polar surface area (TPSA) is 107 Å². The summed E-state index contributed by atoms with van der Waals surface area (Å²) in [6, 6.07) is 20.9. The Labute approximate surface area is 191 Å². The molecule has 0 radical (unpaired) electrons. The third-order valence-corrected chi connectivity index (χ3v) is 5.23. The van der Waals surface area contributed by atoms with Gasteiger partial charge in [-0.3, -0.25) is 0 Å². The summed E-state index contributed by atoms with van der Waals surface area (Å²) >= 11 is 0. The van der Waals surface area contributed by atoms with E-state index in [1.807, 2.05) is 48.5 Å². The standard InChI is InChI=1S/C26H24N4O3/c1-2-17-3-7-19(8-4-17)21-11-12-22-23(15-21)29-26(27-13-14-31)30-24(22)28-16-18-5-9-20(10-6-18)25(32)33/h2-12,15,31H,1,13-14,16H2,(H,32,33)(H2,27,28,29,30). The Morgan fingerprint density at radius 3 is 2.33 bits per heavy atom. The van der Waals surface area contributed by atoms with Gasteiger partial charge in [0.05, 0.1) is 17.7 Å². The first-order valence-electron chi connectivity index (χ1n) is 10.5. The molecule has 4 aromatic rings. The van der Waals surface area contributed by atoms with Crippen molar-refractivity contribution < 1.29 is 15.0 Å². The summed E-state index contributed by atoms with van der Waals surface area (Å²) in [7, 11) is 0. The number of benzene rings is 3. The van der Waals surface area contributed by atoms with Gasteiger partial charge in [-0.2, -0.15) is 4.98 Å². The first-order chi connectivity index (χ1) is 16.1. The first-order valence-corrected chi connectivity index (χ1v) is 10.5. The highest BCUT2D eigenvalue weighted by Crippen LogP contribution is 2.28. The van der Waals surface area contributed by atoms with Crippen molar-refractivity contribution in [2.24, 2.45) is 0 Å². The number of nitrogens with zero attached hydrogens (tertiary/aromatic N) is 2. The van der Waals surface area contributed by atoms with Crippen LogP contribution in [0, 0.1) is 0 Å². The number of anilines is 2. The van der Waals surface area contributed by atoms with Crippen molar-refractivity contribution in [2.75, 3.05) is 23.8 Å². The maximum absolute atomic E-state index is 11.1. The second-order valence-electron chi connectivity index (χ2n) is 7.46. The van der Waals surface area contributed by atoms with Gasteiger partial charge >= 0.3 is 5.97 Å². The van der Waals surface area contributed by atoms with Crippen LogP contribution in [-0.2, 0) is 6.54 Å². The highest BCUT2D eigenvalue weighted by Gasteiger charge is 2.10. The Hall–Kier alpha value is -4.23. The van der Waals surface area contributed by atoms with Crippen molar-refractivity contribution in [3.63, 3.8) is 0 Å². The lowest BCUT2D eigenvalue weighted by atomic mass is 10.0. The third-order valence-electron chi connectivity index (χ3n) is 5.23. The molecule has 0 aliphatic carbocycles. The third kappa shape index (κ3) is 5.16. The number of aliphatic hydroxyl groups is 1. The van der Waals surface area contributed by atoms with Crippen LogP contribution in [0.25, 0.3) is 28.1 Å². The van der Waals surface area contributed by atoms with Gasteiger partial charge in [-0.15, -0.1) is 0 Å². The Bertz CT molecular complexity index is 1290. The fraction of sp³-hybridized carbons (Fsp3) is 0.115. The Balaban J connectivity index is 1.66. The Morgan fingerprint density at radius 2 is 1.67 bits per heavy atom. The molecule has 1 heterocycles. The van der Waals surface area contributed by atoms with E-state index in [-0.39, 0.29) is 12.2 Å². The monoisotopic (exact) mass is 440 g/mol. The second kappa shape index (κ2) is 9.93. The molecule has 3 aromatic carbocycles. The summed E-state index contributed by atoms with van der Waals surface area (Å²) in [5, 5.41) is 25.5. The minimum atomic E-state index is -0.953. The largest absolute Gasteiger partial charge is 0.478 e. The fourth-order valence-electron chi connectivity index (χ4n) is 3.45. The van der Waals surface area contributed by atoms with E-state index in [0.717, 1.165) is 33.2 Å². The number of fused-ring (bicyclic) bond motifs is 1. The van der Waals surface area contributed by atoms with Crippen LogP contribution in [0.2, 0.25) is 0 Å². The van der Waals surface area contributed by atoms with Crippen molar-refractivity contribution in [2.45, 2.75) is 6.54 Å². The van der Waals surface area contributed by atoms with Crippen LogP contribution in [0.15, 0.2) is 73.3 Å². The molecule has 166 valence electrons. The smallest absolute Gasteiger partial charge is 0.335 e. The van der Waals surface area contributed by atoms with Crippen LogP contribution < -0.4 is 10.6 Å². The SMILES string of the molecule is C=Cc1ccc(-c2ccc3c(NCc4ccc(C(=O)O)cc4)nc(NCCO)nc3c2)cc1. The van der Waals surface area contributed by atoms with E-state index in [1.54, 1.807) is 24.3 Å². The zero-order valence-electron chi connectivity index (χ0n) is 18.0. The van der Waals surface area contributed by atoms with Crippen LogP contribution >= 0.6 is 0 Å². The van der Waals surface area contributed by atoms with Gasteiger partial charge < -0.3 is 20.8 Å². The number of aromatic nitrogens is 2. The molecule has 0 unspecified atom stereocenters. The van der Waals surface area contributed by atoms with Gasteiger partial charge in [0.1, 0.15) is 5.82 Å². The second-order valence-corrected chi connectivity index (χ2v) is 7.46. The number of rotatable bonds is 9. The number of aliphatic hydroxyl groups excluding tert-OH is 1. The van der Waals surface area contributed by atoms with Gasteiger partial charge in [0.2, 0.25) is 5.95 Å². The lowest BCUT2D eigenvalue weighted by Gasteiger charge is -2.13. The van der Waals surface area contributed by atoms with Crippen LogP contribution in [0.1, 0.15) is 21.5 Å². The predicted octanol–water partition coefficient (Wildman–Crippen LogP) is 4.65. The number of hydrogen-bond acceptors (Lipinski definition) is 6. The van der Waals surface area contributed by atoms with Crippen molar-refractivity contribution in [1.29, 1.82) is 0 Å². The molecule has 0 spiro atoms. The Kier molecular flexibility index (Phi) is 6.61.